The fraction of sp³-hybridized carbons (Fsp3) is 0.278. The van der Waals surface area contributed by atoms with Gasteiger partial charge in [0.15, 0.2) is 11.5 Å². The predicted molar refractivity (Wildman–Crippen MR) is 83.6 cm³/mol. The maximum atomic E-state index is 12.1. The molecule has 0 spiro atoms. The van der Waals surface area contributed by atoms with Gasteiger partial charge in [-0.3, -0.25) is 4.79 Å². The van der Waals surface area contributed by atoms with Crippen LogP contribution in [0, 0.1) is 13.8 Å². The van der Waals surface area contributed by atoms with E-state index in [-0.39, 0.29) is 18.6 Å². The van der Waals surface area contributed by atoms with Gasteiger partial charge in [-0.25, -0.2) is 0 Å². The molecule has 4 rings (SSSR count). The van der Waals surface area contributed by atoms with E-state index < -0.39 is 0 Å². The van der Waals surface area contributed by atoms with E-state index in [1.165, 1.54) is 16.7 Å². The number of carbonyl (C=O) groups is 1. The van der Waals surface area contributed by atoms with Crippen LogP contribution in [0.3, 0.4) is 0 Å². The second-order valence-electron chi connectivity index (χ2n) is 5.89. The molecule has 0 saturated carbocycles. The summed E-state index contributed by atoms with van der Waals surface area (Å²) in [5, 5.41) is 2.95. The van der Waals surface area contributed by atoms with E-state index in [0.717, 1.165) is 17.0 Å². The molecule has 112 valence electrons. The number of anilines is 1. The zero-order valence-electron chi connectivity index (χ0n) is 12.6. The van der Waals surface area contributed by atoms with Crippen LogP contribution in [0.1, 0.15) is 34.6 Å². The molecule has 4 heteroatoms. The summed E-state index contributed by atoms with van der Waals surface area (Å²) in [4.78, 5) is 12.1. The Kier molecular flexibility index (Phi) is 2.86. The van der Waals surface area contributed by atoms with Gasteiger partial charge in [-0.1, -0.05) is 18.2 Å². The van der Waals surface area contributed by atoms with E-state index in [1.807, 2.05) is 12.1 Å². The Morgan fingerprint density at radius 2 is 1.86 bits per heavy atom. The van der Waals surface area contributed by atoms with Crippen LogP contribution in [0.15, 0.2) is 30.3 Å². The van der Waals surface area contributed by atoms with Gasteiger partial charge in [-0.2, -0.15) is 0 Å². The van der Waals surface area contributed by atoms with Gasteiger partial charge in [0.1, 0.15) is 0 Å². The molecule has 1 amide bonds. The highest BCUT2D eigenvalue weighted by Gasteiger charge is 2.30. The summed E-state index contributed by atoms with van der Waals surface area (Å²) in [5.74, 6) is 1.54. The number of benzene rings is 2. The summed E-state index contributed by atoms with van der Waals surface area (Å²) in [6.45, 7) is 4.45. The maximum Gasteiger partial charge on any atom is 0.231 e. The lowest BCUT2D eigenvalue weighted by molar-refractivity contribution is -0.116. The number of aryl methyl sites for hydroxylation is 1. The van der Waals surface area contributed by atoms with Crippen molar-refractivity contribution in [1.82, 2.24) is 0 Å². The predicted octanol–water partition coefficient (Wildman–Crippen LogP) is 3.51. The standard InChI is InChI=1S/C18H17NO3/c1-10-4-3-5-12(11(10)2)13-7-18(20)19-15-8-17-16(6-14(13)15)21-9-22-17/h3-6,8,13H,7,9H2,1-2H3,(H,19,20). The molecule has 0 fully saturated rings. The Balaban J connectivity index is 1.89. The Morgan fingerprint density at radius 1 is 1.09 bits per heavy atom. The van der Waals surface area contributed by atoms with Gasteiger partial charge in [-0.05, 0) is 42.2 Å². The van der Waals surface area contributed by atoms with E-state index in [0.29, 0.717) is 12.2 Å². The molecule has 0 bridgehead atoms. The molecule has 2 aromatic rings. The minimum atomic E-state index is 0.0391. The summed E-state index contributed by atoms with van der Waals surface area (Å²) in [7, 11) is 0. The summed E-state index contributed by atoms with van der Waals surface area (Å²) in [5.41, 5.74) is 5.61. The van der Waals surface area contributed by atoms with Crippen molar-refractivity contribution in [2.75, 3.05) is 12.1 Å². The van der Waals surface area contributed by atoms with E-state index in [4.69, 9.17) is 9.47 Å². The van der Waals surface area contributed by atoms with Gasteiger partial charge < -0.3 is 14.8 Å². The molecule has 22 heavy (non-hydrogen) atoms. The maximum absolute atomic E-state index is 12.1. The molecule has 2 aromatic carbocycles. The lowest BCUT2D eigenvalue weighted by Crippen LogP contribution is -2.24. The number of amides is 1. The highest BCUT2D eigenvalue weighted by molar-refractivity contribution is 5.96. The average Bonchev–Trinajstić information content (AvgIpc) is 2.94. The summed E-state index contributed by atoms with van der Waals surface area (Å²) in [6, 6.07) is 10.1. The third-order valence-electron chi connectivity index (χ3n) is 4.61. The van der Waals surface area contributed by atoms with E-state index in [2.05, 4.69) is 37.4 Å². The summed E-state index contributed by atoms with van der Waals surface area (Å²) < 4.78 is 10.9. The highest BCUT2D eigenvalue weighted by atomic mass is 16.7. The van der Waals surface area contributed by atoms with Crippen LogP contribution in [0.4, 0.5) is 5.69 Å². The quantitative estimate of drug-likeness (QED) is 0.876. The van der Waals surface area contributed by atoms with Gasteiger partial charge in [0.2, 0.25) is 12.7 Å². The lowest BCUT2D eigenvalue weighted by Gasteiger charge is -2.27. The van der Waals surface area contributed by atoms with Crippen LogP contribution >= 0.6 is 0 Å². The summed E-state index contributed by atoms with van der Waals surface area (Å²) in [6.07, 6.45) is 0.455. The number of hydrogen-bond acceptors (Lipinski definition) is 3. The minimum absolute atomic E-state index is 0.0391. The van der Waals surface area contributed by atoms with Crippen molar-refractivity contribution in [3.63, 3.8) is 0 Å². The molecule has 1 N–H and O–H groups in total. The Bertz CT molecular complexity index is 782. The van der Waals surface area contributed by atoms with E-state index in [1.54, 1.807) is 0 Å². The van der Waals surface area contributed by atoms with Crippen molar-refractivity contribution < 1.29 is 14.3 Å². The first-order valence-electron chi connectivity index (χ1n) is 7.43. The van der Waals surface area contributed by atoms with Crippen LogP contribution in [-0.2, 0) is 4.79 Å². The van der Waals surface area contributed by atoms with E-state index in [9.17, 15) is 4.79 Å². The van der Waals surface area contributed by atoms with Crippen molar-refractivity contribution in [1.29, 1.82) is 0 Å². The van der Waals surface area contributed by atoms with E-state index >= 15 is 0 Å². The van der Waals surface area contributed by atoms with Gasteiger partial charge in [-0.15, -0.1) is 0 Å². The van der Waals surface area contributed by atoms with Crippen LogP contribution in [-0.4, -0.2) is 12.7 Å². The third kappa shape index (κ3) is 1.95. The van der Waals surface area contributed by atoms with Gasteiger partial charge in [0.05, 0.1) is 0 Å². The van der Waals surface area contributed by atoms with Crippen molar-refractivity contribution in [3.05, 3.63) is 52.6 Å². The molecule has 0 radical (unpaired) electrons. The fourth-order valence-electron chi connectivity index (χ4n) is 3.28. The zero-order chi connectivity index (χ0) is 15.3. The SMILES string of the molecule is Cc1cccc(C2CC(=O)Nc3cc4c(cc32)OCO4)c1C. The number of hydrogen-bond donors (Lipinski definition) is 1. The molecule has 2 heterocycles. The first-order valence-corrected chi connectivity index (χ1v) is 7.43. The number of ether oxygens (including phenoxy) is 2. The Labute approximate surface area is 129 Å². The van der Waals surface area contributed by atoms with Crippen LogP contribution in [0.25, 0.3) is 0 Å². The topological polar surface area (TPSA) is 47.6 Å². The van der Waals surface area contributed by atoms with Crippen molar-refractivity contribution >= 4 is 11.6 Å². The highest BCUT2D eigenvalue weighted by Crippen LogP contribution is 2.45. The molecule has 1 atom stereocenters. The number of carbonyl (C=O) groups excluding carboxylic acids is 1. The molecule has 0 aliphatic carbocycles. The molecular weight excluding hydrogens is 278 g/mol. The monoisotopic (exact) mass is 295 g/mol. The van der Waals surface area contributed by atoms with Crippen LogP contribution < -0.4 is 14.8 Å². The molecule has 1 unspecified atom stereocenters. The second-order valence-corrected chi connectivity index (χ2v) is 5.89. The van der Waals surface area contributed by atoms with Crippen molar-refractivity contribution in [2.24, 2.45) is 0 Å². The first-order chi connectivity index (χ1) is 10.6. The number of rotatable bonds is 1. The third-order valence-corrected chi connectivity index (χ3v) is 4.61. The first kappa shape index (κ1) is 13.2. The zero-order valence-corrected chi connectivity index (χ0v) is 12.6. The minimum Gasteiger partial charge on any atom is -0.454 e. The Hall–Kier alpha value is -2.49. The van der Waals surface area contributed by atoms with Crippen molar-refractivity contribution in [3.8, 4) is 11.5 Å². The van der Waals surface area contributed by atoms with Crippen LogP contribution in [0.5, 0.6) is 11.5 Å². The van der Waals surface area contributed by atoms with Gasteiger partial charge in [0, 0.05) is 24.1 Å². The average molecular weight is 295 g/mol. The van der Waals surface area contributed by atoms with Crippen LogP contribution in [0.2, 0.25) is 0 Å². The number of nitrogens with one attached hydrogen (secondary N) is 1. The molecule has 0 saturated heterocycles. The van der Waals surface area contributed by atoms with Crippen molar-refractivity contribution in [2.45, 2.75) is 26.2 Å². The molecule has 2 aliphatic heterocycles. The fourth-order valence-corrected chi connectivity index (χ4v) is 3.28. The molecule has 4 nitrogen and oxygen atoms in total. The smallest absolute Gasteiger partial charge is 0.231 e. The van der Waals surface area contributed by atoms with Gasteiger partial charge >= 0.3 is 0 Å². The number of fused-ring (bicyclic) bond motifs is 2. The molecular formula is C18H17NO3. The largest absolute Gasteiger partial charge is 0.454 e. The lowest BCUT2D eigenvalue weighted by atomic mass is 9.82. The second kappa shape index (κ2) is 4.77. The molecule has 2 aliphatic rings. The van der Waals surface area contributed by atoms with Gasteiger partial charge in [0.25, 0.3) is 0 Å². The molecule has 0 aromatic heterocycles. The summed E-state index contributed by atoms with van der Waals surface area (Å²) >= 11 is 0. The Morgan fingerprint density at radius 3 is 2.68 bits per heavy atom. The normalized spacial score (nSPS) is 18.8.